The van der Waals surface area contributed by atoms with Crippen LogP contribution in [0.5, 0.6) is 0 Å². The van der Waals surface area contributed by atoms with Gasteiger partial charge in [-0.15, -0.1) is 0 Å². The van der Waals surface area contributed by atoms with Gasteiger partial charge in [-0.3, -0.25) is 9.59 Å². The molecule has 0 spiro atoms. The molecule has 22 heavy (non-hydrogen) atoms. The van der Waals surface area contributed by atoms with Crippen LogP contribution >= 0.6 is 0 Å². The van der Waals surface area contributed by atoms with Crippen LogP contribution in [0.3, 0.4) is 0 Å². The quantitative estimate of drug-likeness (QED) is 0.661. The molecule has 122 valence electrons. The predicted octanol–water partition coefficient (Wildman–Crippen LogP) is 0.173. The van der Waals surface area contributed by atoms with Crippen LogP contribution in [0.25, 0.3) is 0 Å². The lowest BCUT2D eigenvalue weighted by Gasteiger charge is -2.08. The zero-order chi connectivity index (χ0) is 16.6. The summed E-state index contributed by atoms with van der Waals surface area (Å²) in [5.74, 6) is -2.35. The molecule has 2 N–H and O–H groups in total. The van der Waals surface area contributed by atoms with E-state index in [4.69, 9.17) is 0 Å². The highest BCUT2D eigenvalue weighted by atomic mass is 32.2. The number of hydrogen-bond donors (Lipinski definition) is 2. The van der Waals surface area contributed by atoms with Gasteiger partial charge in [0.1, 0.15) is 17.3 Å². The van der Waals surface area contributed by atoms with Crippen molar-refractivity contribution in [2.24, 2.45) is 0 Å². The van der Waals surface area contributed by atoms with Crippen molar-refractivity contribution in [3.8, 4) is 0 Å². The van der Waals surface area contributed by atoms with Gasteiger partial charge in [-0.25, -0.2) is 12.8 Å². The van der Waals surface area contributed by atoms with Gasteiger partial charge in [0.2, 0.25) is 10.0 Å². The van der Waals surface area contributed by atoms with Gasteiger partial charge in [0.25, 0.3) is 5.91 Å². The molecule has 7 nitrogen and oxygen atoms in total. The predicted molar refractivity (Wildman–Crippen MR) is 75.8 cm³/mol. The third-order valence-electron chi connectivity index (χ3n) is 2.47. The Morgan fingerprint density at radius 1 is 1.27 bits per heavy atom. The molecule has 0 heterocycles. The number of sulfonamides is 1. The van der Waals surface area contributed by atoms with Crippen molar-refractivity contribution in [3.05, 3.63) is 30.1 Å². The lowest BCUT2D eigenvalue weighted by atomic mass is 10.4. The van der Waals surface area contributed by atoms with Crippen LogP contribution in [0.4, 0.5) is 4.39 Å². The number of nitrogens with one attached hydrogen (secondary N) is 2. The molecule has 1 aromatic carbocycles. The zero-order valence-electron chi connectivity index (χ0n) is 12.0. The normalized spacial score (nSPS) is 11.0. The molecule has 0 saturated carbocycles. The van der Waals surface area contributed by atoms with Crippen molar-refractivity contribution < 1.29 is 27.1 Å². The lowest BCUT2D eigenvalue weighted by molar-refractivity contribution is -0.147. The van der Waals surface area contributed by atoms with Crippen LogP contribution in [0.15, 0.2) is 29.2 Å². The van der Waals surface area contributed by atoms with E-state index in [9.17, 15) is 22.4 Å². The van der Waals surface area contributed by atoms with Gasteiger partial charge in [-0.2, -0.15) is 4.72 Å². The second-order valence-corrected chi connectivity index (χ2v) is 6.00. The van der Waals surface area contributed by atoms with E-state index in [-0.39, 0.29) is 0 Å². The van der Waals surface area contributed by atoms with Gasteiger partial charge in [-0.05, 0) is 18.6 Å². The Bertz CT molecular complexity index is 633. The van der Waals surface area contributed by atoms with Crippen LogP contribution in [0.1, 0.15) is 13.3 Å². The second-order valence-electron chi connectivity index (χ2n) is 4.27. The molecule has 0 radical (unpaired) electrons. The molecule has 0 bridgehead atoms. The number of hydrogen-bond acceptors (Lipinski definition) is 5. The maximum atomic E-state index is 13.4. The van der Waals surface area contributed by atoms with Crippen molar-refractivity contribution >= 4 is 21.9 Å². The lowest BCUT2D eigenvalue weighted by Crippen LogP contribution is -2.34. The first-order valence-electron chi connectivity index (χ1n) is 6.53. The van der Waals surface area contributed by atoms with Gasteiger partial charge in [0.05, 0.1) is 0 Å². The smallest absolute Gasteiger partial charge is 0.321 e. The van der Waals surface area contributed by atoms with E-state index in [1.807, 2.05) is 11.6 Å². The third-order valence-corrected chi connectivity index (χ3v) is 3.90. The molecule has 0 atom stereocenters. The zero-order valence-corrected chi connectivity index (χ0v) is 12.8. The van der Waals surface area contributed by atoms with Crippen molar-refractivity contribution in [1.29, 1.82) is 0 Å². The summed E-state index contributed by atoms with van der Waals surface area (Å²) in [6.07, 6.45) is 0.738. The third kappa shape index (κ3) is 5.78. The summed E-state index contributed by atoms with van der Waals surface area (Å²) in [6, 6.07) is 4.76. The standard InChI is InChI=1S/C13H17FN2O5S/c1-2-7-15-12(17)9-21-13(18)8-16-22(19,20)11-6-4-3-5-10(11)14/h3-6,16H,2,7-9H2,1H3,(H,15,17). The summed E-state index contributed by atoms with van der Waals surface area (Å²) in [7, 11) is -4.17. The van der Waals surface area contributed by atoms with Gasteiger partial charge in [0.15, 0.2) is 6.61 Å². The second kappa shape index (κ2) is 8.44. The first-order chi connectivity index (χ1) is 10.4. The van der Waals surface area contributed by atoms with Crippen molar-refractivity contribution in [1.82, 2.24) is 10.0 Å². The number of esters is 1. The molecule has 1 rings (SSSR count). The minimum Gasteiger partial charge on any atom is -0.455 e. The maximum absolute atomic E-state index is 13.4. The van der Waals surface area contributed by atoms with E-state index in [0.29, 0.717) is 6.54 Å². The first kappa shape index (κ1) is 18.1. The minimum atomic E-state index is -4.17. The molecule has 0 aromatic heterocycles. The Kier molecular flexibility index (Phi) is 6.93. The molecule has 0 aliphatic rings. The average Bonchev–Trinajstić information content (AvgIpc) is 2.49. The van der Waals surface area contributed by atoms with E-state index in [1.165, 1.54) is 12.1 Å². The summed E-state index contributed by atoms with van der Waals surface area (Å²) in [6.45, 7) is 1.12. The highest BCUT2D eigenvalue weighted by Gasteiger charge is 2.19. The molecular formula is C13H17FN2O5S. The summed E-state index contributed by atoms with van der Waals surface area (Å²) < 4.78 is 43.5. The topological polar surface area (TPSA) is 102 Å². The summed E-state index contributed by atoms with van der Waals surface area (Å²) in [5, 5.41) is 2.49. The maximum Gasteiger partial charge on any atom is 0.321 e. The Morgan fingerprint density at radius 3 is 2.59 bits per heavy atom. The first-order valence-corrected chi connectivity index (χ1v) is 8.01. The minimum absolute atomic E-state index is 0.455. The Labute approximate surface area is 127 Å². The number of carbonyl (C=O) groups excluding carboxylic acids is 2. The summed E-state index contributed by atoms with van der Waals surface area (Å²) in [5.41, 5.74) is 0. The fourth-order valence-corrected chi connectivity index (χ4v) is 2.45. The Morgan fingerprint density at radius 2 is 1.95 bits per heavy atom. The summed E-state index contributed by atoms with van der Waals surface area (Å²) in [4.78, 5) is 22.0. The summed E-state index contributed by atoms with van der Waals surface area (Å²) >= 11 is 0. The van der Waals surface area contributed by atoms with Crippen LogP contribution in [-0.4, -0.2) is 40.0 Å². The number of carbonyl (C=O) groups is 2. The number of halogens is 1. The van der Waals surface area contributed by atoms with Crippen LogP contribution in [0, 0.1) is 5.82 Å². The molecule has 1 aromatic rings. The number of amides is 1. The van der Waals surface area contributed by atoms with Crippen molar-refractivity contribution in [2.45, 2.75) is 18.2 Å². The molecule has 0 aliphatic heterocycles. The molecule has 0 saturated heterocycles. The monoisotopic (exact) mass is 332 g/mol. The van der Waals surface area contributed by atoms with Crippen molar-refractivity contribution in [2.75, 3.05) is 19.7 Å². The Balaban J connectivity index is 2.47. The van der Waals surface area contributed by atoms with E-state index in [2.05, 4.69) is 10.1 Å². The van der Waals surface area contributed by atoms with E-state index < -0.39 is 45.8 Å². The van der Waals surface area contributed by atoms with Gasteiger partial charge in [-0.1, -0.05) is 19.1 Å². The molecule has 0 aliphatic carbocycles. The Hall–Kier alpha value is -2.00. The van der Waals surface area contributed by atoms with E-state index in [1.54, 1.807) is 0 Å². The van der Waals surface area contributed by atoms with Gasteiger partial charge < -0.3 is 10.1 Å². The molecule has 0 unspecified atom stereocenters. The SMILES string of the molecule is CCCNC(=O)COC(=O)CNS(=O)(=O)c1ccccc1F. The highest BCUT2D eigenvalue weighted by molar-refractivity contribution is 7.89. The molecule has 1 amide bonds. The largest absolute Gasteiger partial charge is 0.455 e. The number of benzene rings is 1. The highest BCUT2D eigenvalue weighted by Crippen LogP contribution is 2.12. The van der Waals surface area contributed by atoms with Gasteiger partial charge >= 0.3 is 5.97 Å². The number of rotatable bonds is 8. The number of ether oxygens (including phenoxy) is 1. The molecule has 9 heteroatoms. The molecular weight excluding hydrogens is 315 g/mol. The van der Waals surface area contributed by atoms with E-state index in [0.717, 1.165) is 18.6 Å². The fraction of sp³-hybridized carbons (Fsp3) is 0.385. The fourth-order valence-electron chi connectivity index (χ4n) is 1.41. The van der Waals surface area contributed by atoms with Gasteiger partial charge in [0, 0.05) is 6.54 Å². The average molecular weight is 332 g/mol. The van der Waals surface area contributed by atoms with Crippen LogP contribution in [0.2, 0.25) is 0 Å². The van der Waals surface area contributed by atoms with Crippen LogP contribution in [-0.2, 0) is 24.3 Å². The van der Waals surface area contributed by atoms with Crippen LogP contribution < -0.4 is 10.0 Å². The van der Waals surface area contributed by atoms with Crippen molar-refractivity contribution in [3.63, 3.8) is 0 Å². The van der Waals surface area contributed by atoms with E-state index >= 15 is 0 Å². The molecule has 0 fully saturated rings.